The molecule has 2 aromatic carbocycles. The number of carbonyl (C=O) groups excluding carboxylic acids is 2. The van der Waals surface area contributed by atoms with Crippen molar-refractivity contribution < 1.29 is 23.8 Å². The maximum absolute atomic E-state index is 12.6. The third-order valence-electron chi connectivity index (χ3n) is 5.08. The topological polar surface area (TPSA) is 68.3 Å². The first-order valence-corrected chi connectivity index (χ1v) is 10.0. The van der Waals surface area contributed by atoms with Gasteiger partial charge in [-0.15, -0.1) is 0 Å². The highest BCUT2D eigenvalue weighted by Gasteiger charge is 2.33. The summed E-state index contributed by atoms with van der Waals surface area (Å²) in [6.45, 7) is 1.92. The van der Waals surface area contributed by atoms with Crippen LogP contribution in [0.25, 0.3) is 0 Å². The lowest BCUT2D eigenvalue weighted by molar-refractivity contribution is -0.148. The van der Waals surface area contributed by atoms with E-state index in [1.165, 1.54) is 7.11 Å². The van der Waals surface area contributed by atoms with E-state index in [0.717, 1.165) is 0 Å². The van der Waals surface area contributed by atoms with Gasteiger partial charge in [0.05, 0.1) is 14.2 Å². The van der Waals surface area contributed by atoms with E-state index >= 15 is 0 Å². The zero-order chi connectivity index (χ0) is 21.5. The molecule has 7 nitrogen and oxygen atoms in total. The molecule has 160 valence electrons. The van der Waals surface area contributed by atoms with Crippen LogP contribution in [0.1, 0.15) is 11.6 Å². The minimum absolute atomic E-state index is 0.0781. The van der Waals surface area contributed by atoms with E-state index in [1.807, 2.05) is 35.2 Å². The number of nitrogens with zero attached hydrogens (tertiary/aromatic N) is 2. The van der Waals surface area contributed by atoms with Crippen molar-refractivity contribution in [3.63, 3.8) is 0 Å². The van der Waals surface area contributed by atoms with Gasteiger partial charge < -0.3 is 19.1 Å². The van der Waals surface area contributed by atoms with Gasteiger partial charge in [-0.2, -0.15) is 0 Å². The van der Waals surface area contributed by atoms with Crippen LogP contribution in [0.5, 0.6) is 11.5 Å². The molecule has 0 N–H and O–H groups in total. The minimum atomic E-state index is -0.606. The summed E-state index contributed by atoms with van der Waals surface area (Å²) in [5, 5.41) is 0.511. The normalized spacial score (nSPS) is 15.4. The van der Waals surface area contributed by atoms with E-state index in [9.17, 15) is 9.59 Å². The molecule has 1 atom stereocenters. The predicted octanol–water partition coefficient (Wildman–Crippen LogP) is 2.79. The first kappa shape index (κ1) is 21.9. The highest BCUT2D eigenvalue weighted by Crippen LogP contribution is 2.30. The molecule has 1 saturated heterocycles. The maximum Gasteiger partial charge on any atom is 0.327 e. The molecule has 3 rings (SSSR count). The molecular weight excluding hydrogens is 408 g/mol. The molecule has 0 radical (unpaired) electrons. The Labute approximate surface area is 181 Å². The van der Waals surface area contributed by atoms with Crippen LogP contribution in [0.3, 0.4) is 0 Å². The molecule has 0 spiro atoms. The average molecular weight is 433 g/mol. The van der Waals surface area contributed by atoms with Crippen molar-refractivity contribution in [1.29, 1.82) is 0 Å². The van der Waals surface area contributed by atoms with Gasteiger partial charge in [0.15, 0.2) is 18.1 Å². The largest absolute Gasteiger partial charge is 0.493 e. The molecule has 8 heteroatoms. The third kappa shape index (κ3) is 5.04. The van der Waals surface area contributed by atoms with E-state index < -0.39 is 6.04 Å². The van der Waals surface area contributed by atoms with Gasteiger partial charge in [-0.25, -0.2) is 4.79 Å². The van der Waals surface area contributed by atoms with Gasteiger partial charge in [0.25, 0.3) is 5.91 Å². The van der Waals surface area contributed by atoms with E-state index in [2.05, 4.69) is 0 Å². The lowest BCUT2D eigenvalue weighted by Crippen LogP contribution is -2.52. The Morgan fingerprint density at radius 2 is 1.60 bits per heavy atom. The number of hydrogen-bond acceptors (Lipinski definition) is 6. The second-order valence-corrected chi connectivity index (χ2v) is 7.21. The zero-order valence-electron chi connectivity index (χ0n) is 17.0. The molecular formula is C22H25ClN2O5. The monoisotopic (exact) mass is 432 g/mol. The highest BCUT2D eigenvalue weighted by atomic mass is 35.5. The molecule has 0 aliphatic carbocycles. The standard InChI is InChI=1S/C22H25ClN2O5/c1-28-18-9-5-6-10-19(18)30-15-20(26)24-11-13-25(14-12-24)21(22(27)29-2)16-7-3-4-8-17(16)23/h3-10,21H,11-15H2,1-2H3. The number of piperazine rings is 1. The first-order valence-electron chi connectivity index (χ1n) is 9.65. The van der Waals surface area contributed by atoms with Crippen molar-refractivity contribution in [2.75, 3.05) is 47.0 Å². The van der Waals surface area contributed by atoms with Crippen LogP contribution in [0.2, 0.25) is 5.02 Å². The lowest BCUT2D eigenvalue weighted by Gasteiger charge is -2.38. The Hall–Kier alpha value is -2.77. The molecule has 1 fully saturated rings. The summed E-state index contributed by atoms with van der Waals surface area (Å²) in [5.41, 5.74) is 0.699. The van der Waals surface area contributed by atoms with Crippen LogP contribution >= 0.6 is 11.6 Å². The summed E-state index contributed by atoms with van der Waals surface area (Å²) in [7, 11) is 2.92. The van der Waals surface area contributed by atoms with Crippen molar-refractivity contribution >= 4 is 23.5 Å². The third-order valence-corrected chi connectivity index (χ3v) is 5.42. The second kappa shape index (κ2) is 10.3. The molecule has 0 bridgehead atoms. The number of rotatable bonds is 7. The van der Waals surface area contributed by atoms with Crippen LogP contribution in [0, 0.1) is 0 Å². The van der Waals surface area contributed by atoms with E-state index in [-0.39, 0.29) is 18.5 Å². The summed E-state index contributed by atoms with van der Waals surface area (Å²) in [6.07, 6.45) is 0. The Balaban J connectivity index is 1.60. The number of benzene rings is 2. The van der Waals surface area contributed by atoms with Gasteiger partial charge in [-0.3, -0.25) is 9.69 Å². The second-order valence-electron chi connectivity index (χ2n) is 6.80. The van der Waals surface area contributed by atoms with Gasteiger partial charge in [0.1, 0.15) is 6.04 Å². The Bertz CT molecular complexity index is 883. The fourth-order valence-corrected chi connectivity index (χ4v) is 3.72. The van der Waals surface area contributed by atoms with Gasteiger partial charge in [0, 0.05) is 31.2 Å². The van der Waals surface area contributed by atoms with E-state index in [1.54, 1.807) is 30.2 Å². The van der Waals surface area contributed by atoms with Crippen LogP contribution in [-0.4, -0.2) is 68.7 Å². The van der Waals surface area contributed by atoms with Crippen molar-refractivity contribution in [2.45, 2.75) is 6.04 Å². The van der Waals surface area contributed by atoms with Crippen LogP contribution < -0.4 is 9.47 Å². The number of carbonyl (C=O) groups is 2. The van der Waals surface area contributed by atoms with Gasteiger partial charge in [-0.05, 0) is 23.8 Å². The average Bonchev–Trinajstić information content (AvgIpc) is 2.79. The van der Waals surface area contributed by atoms with Crippen LogP contribution in [0.4, 0.5) is 0 Å². The molecule has 2 aromatic rings. The van der Waals surface area contributed by atoms with Crippen molar-refractivity contribution in [3.05, 3.63) is 59.1 Å². The quantitative estimate of drug-likeness (QED) is 0.627. The molecule has 0 saturated carbocycles. The summed E-state index contributed by atoms with van der Waals surface area (Å²) in [6, 6.07) is 13.8. The number of esters is 1. The smallest absolute Gasteiger partial charge is 0.327 e. The Kier molecular flexibility index (Phi) is 7.54. The fraction of sp³-hybridized carbons (Fsp3) is 0.364. The number of hydrogen-bond donors (Lipinski definition) is 0. The zero-order valence-corrected chi connectivity index (χ0v) is 17.8. The number of methoxy groups -OCH3 is 2. The van der Waals surface area contributed by atoms with E-state index in [0.29, 0.717) is 48.3 Å². The first-order chi connectivity index (χ1) is 14.5. The minimum Gasteiger partial charge on any atom is -0.493 e. The van der Waals surface area contributed by atoms with Crippen molar-refractivity contribution in [3.8, 4) is 11.5 Å². The Morgan fingerprint density at radius 3 is 2.23 bits per heavy atom. The summed E-state index contributed by atoms with van der Waals surface area (Å²) in [5.74, 6) is 0.613. The highest BCUT2D eigenvalue weighted by molar-refractivity contribution is 6.31. The molecule has 0 aromatic heterocycles. The maximum atomic E-state index is 12.6. The molecule has 1 unspecified atom stereocenters. The molecule has 1 amide bonds. The van der Waals surface area contributed by atoms with Crippen molar-refractivity contribution in [2.24, 2.45) is 0 Å². The number of para-hydroxylation sites is 2. The molecule has 30 heavy (non-hydrogen) atoms. The molecule has 1 heterocycles. The van der Waals surface area contributed by atoms with E-state index in [4.69, 9.17) is 25.8 Å². The fourth-order valence-electron chi connectivity index (χ4n) is 3.48. The molecule has 1 aliphatic rings. The molecule has 1 aliphatic heterocycles. The SMILES string of the molecule is COC(=O)C(c1ccccc1Cl)N1CCN(C(=O)COc2ccccc2OC)CC1. The van der Waals surface area contributed by atoms with Crippen molar-refractivity contribution in [1.82, 2.24) is 9.80 Å². The van der Waals surface area contributed by atoms with Gasteiger partial charge in [-0.1, -0.05) is 41.9 Å². The van der Waals surface area contributed by atoms with Crippen LogP contribution in [-0.2, 0) is 14.3 Å². The van der Waals surface area contributed by atoms with Crippen LogP contribution in [0.15, 0.2) is 48.5 Å². The van der Waals surface area contributed by atoms with Gasteiger partial charge >= 0.3 is 5.97 Å². The summed E-state index contributed by atoms with van der Waals surface area (Å²) >= 11 is 6.32. The summed E-state index contributed by atoms with van der Waals surface area (Å²) in [4.78, 5) is 28.8. The number of amides is 1. The number of halogens is 1. The number of ether oxygens (including phenoxy) is 3. The summed E-state index contributed by atoms with van der Waals surface area (Å²) < 4.78 is 15.9. The van der Waals surface area contributed by atoms with Gasteiger partial charge in [0.2, 0.25) is 0 Å². The Morgan fingerprint density at radius 1 is 0.967 bits per heavy atom. The lowest BCUT2D eigenvalue weighted by atomic mass is 10.0. The predicted molar refractivity (Wildman–Crippen MR) is 113 cm³/mol.